The second kappa shape index (κ2) is 11.5. The maximum Gasteiger partial charge on any atom is 0.255 e. The van der Waals surface area contributed by atoms with Gasteiger partial charge in [-0.3, -0.25) is 29.4 Å². The number of hydrogen-bond donors (Lipinski definition) is 2. The molecule has 1 unspecified atom stereocenters. The normalized spacial score (nSPS) is 22.7. The zero-order chi connectivity index (χ0) is 28.3. The molecule has 3 aliphatic rings. The molecule has 41 heavy (non-hydrogen) atoms. The van der Waals surface area contributed by atoms with E-state index in [2.05, 4.69) is 27.7 Å². The maximum atomic E-state index is 13.1. The number of ether oxygens (including phenoxy) is 1. The van der Waals surface area contributed by atoms with Crippen LogP contribution in [0.1, 0.15) is 51.1 Å². The van der Waals surface area contributed by atoms with Gasteiger partial charge in [0.05, 0.1) is 6.04 Å². The van der Waals surface area contributed by atoms with E-state index in [-0.39, 0.29) is 42.8 Å². The Hall–Kier alpha value is -4.50. The lowest BCUT2D eigenvalue weighted by Crippen LogP contribution is -2.56. The summed E-state index contributed by atoms with van der Waals surface area (Å²) in [5.74, 6) is -0.501. The van der Waals surface area contributed by atoms with Crippen molar-refractivity contribution in [2.45, 2.75) is 50.5 Å². The van der Waals surface area contributed by atoms with Crippen molar-refractivity contribution in [3.63, 3.8) is 0 Å². The van der Waals surface area contributed by atoms with Crippen LogP contribution in [0.4, 0.5) is 0 Å². The third-order valence-corrected chi connectivity index (χ3v) is 8.03. The second-order valence-electron chi connectivity index (χ2n) is 10.8. The van der Waals surface area contributed by atoms with Gasteiger partial charge in [0.1, 0.15) is 17.9 Å². The van der Waals surface area contributed by atoms with E-state index < -0.39 is 11.9 Å². The fourth-order valence-electron chi connectivity index (χ4n) is 5.89. The Labute approximate surface area is 238 Å². The van der Waals surface area contributed by atoms with Crippen LogP contribution in [-0.2, 0) is 22.7 Å². The molecule has 0 aromatic heterocycles. The molecule has 9 nitrogen and oxygen atoms in total. The van der Waals surface area contributed by atoms with Gasteiger partial charge in [0.2, 0.25) is 11.8 Å². The highest BCUT2D eigenvalue weighted by Crippen LogP contribution is 2.31. The van der Waals surface area contributed by atoms with E-state index in [1.165, 1.54) is 10.5 Å². The molecule has 3 atom stereocenters. The molecule has 9 heteroatoms. The van der Waals surface area contributed by atoms with Gasteiger partial charge in [0, 0.05) is 43.7 Å². The predicted molar refractivity (Wildman–Crippen MR) is 151 cm³/mol. The molecule has 0 saturated carbocycles. The number of benzene rings is 3. The summed E-state index contributed by atoms with van der Waals surface area (Å²) in [4.78, 5) is 54.0. The molecule has 2 fully saturated rings. The highest BCUT2D eigenvalue weighted by molar-refractivity contribution is 6.05. The molecule has 2 N–H and O–H groups in total. The van der Waals surface area contributed by atoms with Crippen LogP contribution < -0.4 is 15.4 Å². The van der Waals surface area contributed by atoms with Crippen molar-refractivity contribution in [2.75, 3.05) is 13.1 Å². The number of likely N-dealkylation sites (tertiary alicyclic amines) is 1. The zero-order valence-electron chi connectivity index (χ0n) is 22.6. The average molecular weight is 553 g/mol. The summed E-state index contributed by atoms with van der Waals surface area (Å²) in [7, 11) is 0. The Morgan fingerprint density at radius 2 is 1.71 bits per heavy atom. The Bertz CT molecular complexity index is 1460. The van der Waals surface area contributed by atoms with E-state index in [4.69, 9.17) is 4.74 Å². The fraction of sp³-hybridized carbons (Fsp3) is 0.312. The van der Waals surface area contributed by atoms with Gasteiger partial charge < -0.3 is 15.0 Å². The topological polar surface area (TPSA) is 108 Å². The van der Waals surface area contributed by atoms with Crippen molar-refractivity contribution in [2.24, 2.45) is 0 Å². The minimum Gasteiger partial charge on any atom is -0.487 e. The molecular formula is C32H32N4O5. The van der Waals surface area contributed by atoms with Gasteiger partial charge in [0.15, 0.2) is 0 Å². The Morgan fingerprint density at radius 3 is 2.46 bits per heavy atom. The monoisotopic (exact) mass is 552 g/mol. The summed E-state index contributed by atoms with van der Waals surface area (Å²) in [5.41, 5.74) is 3.12. The van der Waals surface area contributed by atoms with Gasteiger partial charge in [-0.15, -0.1) is 0 Å². The quantitative estimate of drug-likeness (QED) is 0.437. The van der Waals surface area contributed by atoms with Crippen molar-refractivity contribution in [1.82, 2.24) is 20.4 Å². The van der Waals surface area contributed by atoms with E-state index >= 15 is 0 Å². The minimum atomic E-state index is -0.667. The number of carbonyl (C=O) groups excluding carboxylic acids is 4. The zero-order valence-corrected chi connectivity index (χ0v) is 22.6. The van der Waals surface area contributed by atoms with Gasteiger partial charge in [-0.25, -0.2) is 0 Å². The van der Waals surface area contributed by atoms with Crippen LogP contribution in [0, 0.1) is 0 Å². The van der Waals surface area contributed by atoms with Crippen molar-refractivity contribution >= 4 is 23.6 Å². The molecular weight excluding hydrogens is 520 g/mol. The first-order valence-electron chi connectivity index (χ1n) is 14.0. The van der Waals surface area contributed by atoms with Crippen molar-refractivity contribution < 1.29 is 23.9 Å². The maximum absolute atomic E-state index is 13.1. The fourth-order valence-corrected chi connectivity index (χ4v) is 5.89. The summed E-state index contributed by atoms with van der Waals surface area (Å²) >= 11 is 0. The van der Waals surface area contributed by atoms with E-state index in [1.54, 1.807) is 24.3 Å². The van der Waals surface area contributed by atoms with Gasteiger partial charge >= 0.3 is 0 Å². The van der Waals surface area contributed by atoms with Crippen LogP contribution in [0.2, 0.25) is 0 Å². The molecule has 0 spiro atoms. The number of nitrogens with one attached hydrogen (secondary N) is 2. The Balaban J connectivity index is 1.19. The summed E-state index contributed by atoms with van der Waals surface area (Å²) in [6, 6.07) is 23.9. The number of amides is 4. The van der Waals surface area contributed by atoms with Crippen LogP contribution in [-0.4, -0.2) is 64.7 Å². The summed E-state index contributed by atoms with van der Waals surface area (Å²) in [6.07, 6.45) is 0.933. The van der Waals surface area contributed by atoms with Crippen LogP contribution in [0.25, 0.3) is 0 Å². The van der Waals surface area contributed by atoms with E-state index in [9.17, 15) is 19.2 Å². The van der Waals surface area contributed by atoms with Gasteiger partial charge in [0.25, 0.3) is 11.8 Å². The molecule has 6 rings (SSSR count). The number of carbonyl (C=O) groups is 4. The first-order valence-corrected chi connectivity index (χ1v) is 14.0. The van der Waals surface area contributed by atoms with Crippen molar-refractivity contribution in [1.29, 1.82) is 0 Å². The molecule has 0 bridgehead atoms. The lowest BCUT2D eigenvalue weighted by Gasteiger charge is -2.39. The molecule has 2 saturated heterocycles. The summed E-state index contributed by atoms with van der Waals surface area (Å²) in [5, 5.41) is 5.52. The van der Waals surface area contributed by atoms with Crippen LogP contribution in [0.15, 0.2) is 78.9 Å². The Kier molecular flexibility index (Phi) is 7.52. The average Bonchev–Trinajstić information content (AvgIpc) is 3.30. The molecule has 0 radical (unpaired) electrons. The number of piperidine rings is 2. The number of nitrogens with zero attached hydrogens (tertiary/aromatic N) is 2. The van der Waals surface area contributed by atoms with Crippen LogP contribution >= 0.6 is 0 Å². The third kappa shape index (κ3) is 5.85. The Morgan fingerprint density at radius 1 is 0.951 bits per heavy atom. The highest BCUT2D eigenvalue weighted by atomic mass is 16.5. The number of imide groups is 1. The SMILES string of the molecule is O=C1CCC(N2Cc3cc(O[C@@H]4CN(Cc5ccccc5)CC[C@H]4NC(=O)c4ccccc4)ccc3C2=O)C(=O)N1. The molecule has 3 aliphatic heterocycles. The largest absolute Gasteiger partial charge is 0.487 e. The summed E-state index contributed by atoms with van der Waals surface area (Å²) < 4.78 is 6.54. The van der Waals surface area contributed by atoms with Gasteiger partial charge in [-0.05, 0) is 54.3 Å². The van der Waals surface area contributed by atoms with Gasteiger partial charge in [-0.1, -0.05) is 48.5 Å². The van der Waals surface area contributed by atoms with E-state index in [0.717, 1.165) is 25.1 Å². The first-order chi connectivity index (χ1) is 19.9. The first kappa shape index (κ1) is 26.7. The van der Waals surface area contributed by atoms with Crippen molar-refractivity contribution in [3.8, 4) is 5.75 Å². The van der Waals surface area contributed by atoms with E-state index in [1.807, 2.05) is 42.5 Å². The third-order valence-electron chi connectivity index (χ3n) is 8.03. The van der Waals surface area contributed by atoms with Crippen LogP contribution in [0.5, 0.6) is 5.75 Å². The molecule has 3 aromatic rings. The smallest absolute Gasteiger partial charge is 0.255 e. The summed E-state index contributed by atoms with van der Waals surface area (Å²) in [6.45, 7) is 2.48. The van der Waals surface area contributed by atoms with Crippen molar-refractivity contribution in [3.05, 3.63) is 101 Å². The standard InChI is InChI=1S/C32H32N4O5/c37-29-14-13-27(31(39)34-29)36-19-23-17-24(11-12-25(23)32(36)40)41-28-20-35(18-21-7-3-1-4-8-21)16-15-26(28)33-30(38)22-9-5-2-6-10-22/h1-12,17,26-28H,13-16,18-20H2,(H,33,38)(H,34,37,39)/t26-,27?,28-/m1/s1. The van der Waals surface area contributed by atoms with E-state index in [0.29, 0.717) is 29.8 Å². The number of rotatable bonds is 7. The predicted octanol–water partition coefficient (Wildman–Crippen LogP) is 2.90. The van der Waals surface area contributed by atoms with Crippen LogP contribution in [0.3, 0.4) is 0 Å². The molecule has 0 aliphatic carbocycles. The van der Waals surface area contributed by atoms with Gasteiger partial charge in [-0.2, -0.15) is 0 Å². The number of fused-ring (bicyclic) bond motifs is 1. The second-order valence-corrected chi connectivity index (χ2v) is 10.8. The lowest BCUT2D eigenvalue weighted by molar-refractivity contribution is -0.136. The molecule has 210 valence electrons. The molecule has 3 heterocycles. The number of hydrogen-bond acceptors (Lipinski definition) is 6. The molecule has 4 amide bonds. The highest BCUT2D eigenvalue weighted by Gasteiger charge is 2.39. The lowest BCUT2D eigenvalue weighted by atomic mass is 10.00. The molecule has 3 aromatic carbocycles. The minimum absolute atomic E-state index is 0.139.